The van der Waals surface area contributed by atoms with Crippen molar-refractivity contribution in [3.05, 3.63) is 107 Å². The molecule has 1 saturated heterocycles. The highest BCUT2D eigenvalue weighted by Crippen LogP contribution is 2.63. The molecule has 0 bridgehead atoms. The Morgan fingerprint density at radius 1 is 0.817 bits per heavy atom. The van der Waals surface area contributed by atoms with Crippen LogP contribution < -0.4 is 14.8 Å². The first-order valence-corrected chi connectivity index (χ1v) is 26.9. The summed E-state index contributed by atoms with van der Waals surface area (Å²) < 4.78 is 24.3. The number of allylic oxidation sites excluding steroid dienone is 2. The molecule has 3 aromatic rings. The zero-order valence-corrected chi connectivity index (χ0v) is 43.7. The van der Waals surface area contributed by atoms with Gasteiger partial charge in [-0.3, -0.25) is 14.4 Å². The van der Waals surface area contributed by atoms with Crippen LogP contribution in [0.1, 0.15) is 141 Å². The van der Waals surface area contributed by atoms with E-state index in [9.17, 15) is 14.4 Å². The normalized spacial score (nSPS) is 27.0. The van der Waals surface area contributed by atoms with E-state index in [4.69, 9.17) is 28.9 Å². The Balaban J connectivity index is 0.941. The quantitative estimate of drug-likeness (QED) is 0.0368. The molecule has 4 unspecified atom stereocenters. The van der Waals surface area contributed by atoms with E-state index in [2.05, 4.69) is 39.1 Å². The number of rotatable bonds is 21. The molecule has 9 atom stereocenters. The van der Waals surface area contributed by atoms with Gasteiger partial charge in [0.1, 0.15) is 29.8 Å². The fourth-order valence-electron chi connectivity index (χ4n) is 13.8. The second-order valence-electron chi connectivity index (χ2n) is 22.1. The lowest BCUT2D eigenvalue weighted by Crippen LogP contribution is -2.47. The van der Waals surface area contributed by atoms with E-state index in [0.717, 1.165) is 83.1 Å². The lowest BCUT2D eigenvalue weighted by molar-refractivity contribution is -0.150. The number of nitrogens with zero attached hydrogens (tertiary/aromatic N) is 2. The molecule has 11 heteroatoms. The largest absolute Gasteiger partial charge is 0.497 e. The Morgan fingerprint density at radius 3 is 2.15 bits per heavy atom. The summed E-state index contributed by atoms with van der Waals surface area (Å²) in [6.07, 6.45) is 16.2. The van der Waals surface area contributed by atoms with E-state index in [-0.39, 0.29) is 56.3 Å². The number of fused-ring (bicyclic) bond motifs is 5. The Bertz CT molecular complexity index is 2270. The van der Waals surface area contributed by atoms with Gasteiger partial charge in [0.25, 0.3) is 0 Å². The first kappa shape index (κ1) is 52.2. The number of benzene rings is 3. The molecule has 1 aliphatic heterocycles. The van der Waals surface area contributed by atoms with Gasteiger partial charge in [-0.2, -0.15) is 0 Å². The van der Waals surface area contributed by atoms with Crippen LogP contribution in [0.4, 0.5) is 0 Å². The number of nitrogens with one attached hydrogen (secondary N) is 1. The average molecular weight is 972 g/mol. The van der Waals surface area contributed by atoms with E-state index in [1.165, 1.54) is 51.4 Å². The summed E-state index contributed by atoms with van der Waals surface area (Å²) in [5, 5.41) is 7.25. The molecule has 3 aromatic carbocycles. The Kier molecular flexibility index (Phi) is 17.3. The fourth-order valence-corrected chi connectivity index (χ4v) is 13.8. The van der Waals surface area contributed by atoms with Crippen molar-refractivity contribution in [2.45, 2.75) is 142 Å². The Morgan fingerprint density at radius 2 is 1.49 bits per heavy atom. The SMILES string of the molecule is CNC(=O)CCC(=O)O[C@@H]1C[C@@H](COC(c2ccccc2)(c2ccc(OC)cc2)c2ccc(OC)cc2)N(C(=O)CCON=C2CC[C@@]3(C)C(=CCC4C5CC[C@H]([C@H](C)CCCC(C)C)C5CCC43)C2)C1. The third-order valence-electron chi connectivity index (χ3n) is 17.6. The molecule has 1 heterocycles. The summed E-state index contributed by atoms with van der Waals surface area (Å²) in [5.41, 5.74) is 4.36. The van der Waals surface area contributed by atoms with Crippen molar-refractivity contribution in [2.75, 3.05) is 41.0 Å². The van der Waals surface area contributed by atoms with Crippen molar-refractivity contribution in [3.63, 3.8) is 0 Å². The van der Waals surface area contributed by atoms with Crippen molar-refractivity contribution < 1.29 is 38.2 Å². The summed E-state index contributed by atoms with van der Waals surface area (Å²) in [6, 6.07) is 25.3. The van der Waals surface area contributed by atoms with Gasteiger partial charge in [0.2, 0.25) is 11.8 Å². The lowest BCUT2D eigenvalue weighted by atomic mass is 9.50. The summed E-state index contributed by atoms with van der Waals surface area (Å²) in [6.45, 7) is 10.3. The summed E-state index contributed by atoms with van der Waals surface area (Å²) in [5.74, 6) is 6.47. The standard InChI is InChI=1S/C60H81N3O8/c1-40(2)12-11-13-41(3)51-26-27-53-52(51)28-29-55-54(53)25-20-45-36-46(32-34-59(45,55)4)62-70-35-33-57(65)63-38-50(71-58(66)31-30-56(64)61-5)37-47(63)39-69-60(42-14-9-8-10-15-42,43-16-21-48(67-6)22-17-43)44-18-23-49(68-7)24-19-44/h8-10,14-24,40-41,47,50-55H,11-13,25-39H2,1-7H3,(H,61,64)/t41-,47+,50-,51-,52?,53?,54?,55?,59+/m1/s1. The predicted molar refractivity (Wildman–Crippen MR) is 278 cm³/mol. The van der Waals surface area contributed by atoms with Gasteiger partial charge in [-0.15, -0.1) is 0 Å². The van der Waals surface area contributed by atoms with Gasteiger partial charge >= 0.3 is 5.97 Å². The van der Waals surface area contributed by atoms with E-state index >= 15 is 0 Å². The molecule has 384 valence electrons. The van der Waals surface area contributed by atoms with Crippen LogP contribution in [0.2, 0.25) is 0 Å². The number of hydrogen-bond donors (Lipinski definition) is 1. The third kappa shape index (κ3) is 11.7. The van der Waals surface area contributed by atoms with Crippen LogP contribution in [0, 0.1) is 46.8 Å². The second-order valence-corrected chi connectivity index (χ2v) is 22.1. The summed E-state index contributed by atoms with van der Waals surface area (Å²) >= 11 is 0. The maximum absolute atomic E-state index is 14.4. The molecule has 0 radical (unpaired) electrons. The number of esters is 1. The highest BCUT2D eigenvalue weighted by Gasteiger charge is 2.54. The van der Waals surface area contributed by atoms with Gasteiger partial charge in [-0.25, -0.2) is 0 Å². The predicted octanol–water partition coefficient (Wildman–Crippen LogP) is 11.5. The molecular formula is C60H81N3O8. The maximum Gasteiger partial charge on any atom is 0.306 e. The maximum atomic E-state index is 14.4. The van der Waals surface area contributed by atoms with Crippen LogP contribution in [-0.2, 0) is 34.3 Å². The van der Waals surface area contributed by atoms with Crippen LogP contribution in [0.25, 0.3) is 0 Å². The number of carbonyl (C=O) groups is 3. The summed E-state index contributed by atoms with van der Waals surface area (Å²) in [4.78, 5) is 47.1. The highest BCUT2D eigenvalue weighted by molar-refractivity contribution is 5.88. The number of carbonyl (C=O) groups excluding carboxylic acids is 3. The van der Waals surface area contributed by atoms with Gasteiger partial charge in [-0.1, -0.05) is 118 Å². The Labute approximate surface area is 423 Å². The third-order valence-corrected chi connectivity index (χ3v) is 17.6. The van der Waals surface area contributed by atoms with Crippen molar-refractivity contribution in [3.8, 4) is 11.5 Å². The molecular weight excluding hydrogens is 891 g/mol. The van der Waals surface area contributed by atoms with Crippen LogP contribution in [-0.4, -0.2) is 81.6 Å². The molecule has 2 amide bonds. The molecule has 0 aromatic heterocycles. The number of ether oxygens (including phenoxy) is 4. The molecule has 5 aliphatic rings. The van der Waals surface area contributed by atoms with Crippen LogP contribution in [0.5, 0.6) is 11.5 Å². The Hall–Kier alpha value is -5.16. The number of likely N-dealkylation sites (tertiary alicyclic amines) is 1. The average Bonchev–Trinajstić information content (AvgIpc) is 4.02. The van der Waals surface area contributed by atoms with E-state index in [1.807, 2.05) is 78.9 Å². The van der Waals surface area contributed by atoms with E-state index in [0.29, 0.717) is 17.9 Å². The number of amides is 2. The molecule has 1 N–H and O–H groups in total. The second kappa shape index (κ2) is 23.6. The summed E-state index contributed by atoms with van der Waals surface area (Å²) in [7, 11) is 4.82. The van der Waals surface area contributed by atoms with Gasteiger partial charge in [-0.05, 0) is 133 Å². The monoisotopic (exact) mass is 972 g/mol. The number of hydrogen-bond acceptors (Lipinski definition) is 9. The first-order chi connectivity index (χ1) is 34.4. The van der Waals surface area contributed by atoms with Gasteiger partial charge in [0.05, 0.1) is 52.0 Å². The van der Waals surface area contributed by atoms with Crippen molar-refractivity contribution in [1.29, 1.82) is 0 Å². The van der Waals surface area contributed by atoms with E-state index in [1.54, 1.807) is 31.7 Å². The molecule has 4 fully saturated rings. The topological polar surface area (TPSA) is 125 Å². The van der Waals surface area contributed by atoms with Crippen molar-refractivity contribution in [1.82, 2.24) is 10.2 Å². The van der Waals surface area contributed by atoms with Crippen molar-refractivity contribution >= 4 is 23.5 Å². The van der Waals surface area contributed by atoms with Gasteiger partial charge in [0.15, 0.2) is 0 Å². The fraction of sp³-hybridized carbons (Fsp3) is 0.600. The first-order valence-electron chi connectivity index (χ1n) is 26.9. The molecule has 11 nitrogen and oxygen atoms in total. The van der Waals surface area contributed by atoms with E-state index < -0.39 is 23.7 Å². The van der Waals surface area contributed by atoms with Crippen LogP contribution in [0.15, 0.2) is 95.7 Å². The molecule has 4 aliphatic carbocycles. The number of oxime groups is 1. The highest BCUT2D eigenvalue weighted by atomic mass is 16.6. The molecule has 3 saturated carbocycles. The molecule has 71 heavy (non-hydrogen) atoms. The molecule has 8 rings (SSSR count). The molecule has 0 spiro atoms. The minimum Gasteiger partial charge on any atom is -0.497 e. The smallest absolute Gasteiger partial charge is 0.306 e. The minimum absolute atomic E-state index is 0.0253. The number of methoxy groups -OCH3 is 2. The van der Waals surface area contributed by atoms with Gasteiger partial charge < -0.3 is 34.0 Å². The zero-order valence-electron chi connectivity index (χ0n) is 43.7. The van der Waals surface area contributed by atoms with Crippen LogP contribution in [0.3, 0.4) is 0 Å². The van der Waals surface area contributed by atoms with Gasteiger partial charge in [0, 0.05) is 26.3 Å². The van der Waals surface area contributed by atoms with Crippen LogP contribution >= 0.6 is 0 Å². The zero-order chi connectivity index (χ0) is 50.1. The lowest BCUT2D eigenvalue weighted by Gasteiger charge is -2.55. The van der Waals surface area contributed by atoms with Crippen molar-refractivity contribution in [2.24, 2.45) is 52.0 Å². The minimum atomic E-state index is -1.11.